The maximum Gasteiger partial charge on any atom is 0.251 e. The summed E-state index contributed by atoms with van der Waals surface area (Å²) >= 11 is 0. The molecule has 0 radical (unpaired) electrons. The number of amides is 2. The van der Waals surface area contributed by atoms with Crippen LogP contribution in [0.1, 0.15) is 48.7 Å². The first kappa shape index (κ1) is 24.3. The van der Waals surface area contributed by atoms with Gasteiger partial charge in [0.1, 0.15) is 0 Å². The van der Waals surface area contributed by atoms with Crippen molar-refractivity contribution in [1.82, 2.24) is 10.2 Å². The van der Waals surface area contributed by atoms with Crippen LogP contribution >= 0.6 is 0 Å². The first-order chi connectivity index (χ1) is 14.7. The van der Waals surface area contributed by atoms with Crippen molar-refractivity contribution < 1.29 is 19.1 Å². The largest absolute Gasteiger partial charge is 0.493 e. The third kappa shape index (κ3) is 7.02. The Morgan fingerprint density at radius 2 is 1.61 bits per heavy atom. The Balaban J connectivity index is 1.78. The number of rotatable bonds is 9. The van der Waals surface area contributed by atoms with Gasteiger partial charge in [0, 0.05) is 32.1 Å². The van der Waals surface area contributed by atoms with Crippen molar-refractivity contribution in [2.45, 2.75) is 39.0 Å². The average Bonchev–Trinajstić information content (AvgIpc) is 2.76. The highest BCUT2D eigenvalue weighted by atomic mass is 16.5. The molecule has 2 rings (SSSR count). The smallest absolute Gasteiger partial charge is 0.251 e. The zero-order chi connectivity index (χ0) is 23.0. The first-order valence-electron chi connectivity index (χ1n) is 10.5. The fourth-order valence-corrected chi connectivity index (χ4v) is 3.16. The van der Waals surface area contributed by atoms with E-state index in [1.807, 2.05) is 42.5 Å². The second-order valence-electron chi connectivity index (χ2n) is 8.59. The maximum absolute atomic E-state index is 12.4. The molecule has 0 aliphatic carbocycles. The van der Waals surface area contributed by atoms with Crippen molar-refractivity contribution in [2.24, 2.45) is 0 Å². The molecule has 2 aromatic rings. The molecule has 0 aliphatic rings. The van der Waals surface area contributed by atoms with Crippen LogP contribution in [0.2, 0.25) is 0 Å². The van der Waals surface area contributed by atoms with Crippen molar-refractivity contribution in [2.75, 3.05) is 34.4 Å². The van der Waals surface area contributed by atoms with Gasteiger partial charge in [-0.25, -0.2) is 0 Å². The molecule has 0 saturated carbocycles. The number of nitrogens with zero attached hydrogens (tertiary/aromatic N) is 1. The molecule has 0 spiro atoms. The summed E-state index contributed by atoms with van der Waals surface area (Å²) in [5.74, 6) is 1.18. The van der Waals surface area contributed by atoms with Gasteiger partial charge in [-0.05, 0) is 47.2 Å². The molecule has 0 bridgehead atoms. The van der Waals surface area contributed by atoms with E-state index in [-0.39, 0.29) is 23.7 Å². The van der Waals surface area contributed by atoms with Crippen molar-refractivity contribution in [3.8, 4) is 11.5 Å². The molecule has 0 unspecified atom stereocenters. The number of nitrogens with one attached hydrogen (secondary N) is 1. The lowest BCUT2D eigenvalue weighted by atomic mass is 9.87. The molecule has 0 heterocycles. The molecule has 1 N–H and O–H groups in total. The number of hydrogen-bond acceptors (Lipinski definition) is 4. The summed E-state index contributed by atoms with van der Waals surface area (Å²) in [5.41, 5.74) is 2.88. The first-order valence-corrected chi connectivity index (χ1v) is 10.5. The summed E-state index contributed by atoms with van der Waals surface area (Å²) < 4.78 is 10.6. The van der Waals surface area contributed by atoms with Crippen LogP contribution in [-0.4, -0.2) is 51.1 Å². The fraction of sp³-hybridized carbons (Fsp3) is 0.440. The lowest BCUT2D eigenvalue weighted by molar-refractivity contribution is -0.129. The molecule has 0 aliphatic heterocycles. The van der Waals surface area contributed by atoms with Crippen molar-refractivity contribution in [3.05, 3.63) is 59.2 Å². The molecule has 0 aromatic heterocycles. The minimum Gasteiger partial charge on any atom is -0.493 e. The van der Waals surface area contributed by atoms with Crippen LogP contribution in [0.15, 0.2) is 42.5 Å². The van der Waals surface area contributed by atoms with Crippen LogP contribution in [0.4, 0.5) is 0 Å². The number of carbonyl (C=O) groups is 2. The van der Waals surface area contributed by atoms with Gasteiger partial charge in [0.05, 0.1) is 14.2 Å². The van der Waals surface area contributed by atoms with Gasteiger partial charge in [-0.15, -0.1) is 0 Å². The predicted octanol–water partition coefficient (Wildman–Crippen LogP) is 3.82. The van der Waals surface area contributed by atoms with Crippen LogP contribution in [-0.2, 0) is 16.6 Å². The summed E-state index contributed by atoms with van der Waals surface area (Å²) in [4.78, 5) is 26.4. The molecule has 168 valence electrons. The topological polar surface area (TPSA) is 67.9 Å². The fourth-order valence-electron chi connectivity index (χ4n) is 3.16. The van der Waals surface area contributed by atoms with Gasteiger partial charge in [-0.2, -0.15) is 0 Å². The Bertz CT molecular complexity index is 885. The quantitative estimate of drug-likeness (QED) is 0.662. The van der Waals surface area contributed by atoms with Crippen molar-refractivity contribution >= 4 is 11.8 Å². The lowest BCUT2D eigenvalue weighted by Crippen LogP contribution is -2.33. The van der Waals surface area contributed by atoms with Crippen LogP contribution < -0.4 is 14.8 Å². The Kier molecular flexibility index (Phi) is 8.48. The predicted molar refractivity (Wildman–Crippen MR) is 123 cm³/mol. The average molecular weight is 427 g/mol. The Hall–Kier alpha value is -3.02. The second-order valence-corrected chi connectivity index (χ2v) is 8.59. The standard InChI is InChI=1S/C25H34N2O4/c1-25(2,3)20-10-8-19(9-11-20)24(29)26-15-13-23(28)27(4)16-14-18-7-12-21(30-5)22(17-18)31-6/h7-12,17H,13-16H2,1-6H3,(H,26,29). The van der Waals surface area contributed by atoms with Crippen LogP contribution in [0.3, 0.4) is 0 Å². The van der Waals surface area contributed by atoms with Crippen molar-refractivity contribution in [3.63, 3.8) is 0 Å². The molecule has 2 amide bonds. The third-order valence-electron chi connectivity index (χ3n) is 5.25. The van der Waals surface area contributed by atoms with Crippen LogP contribution in [0.5, 0.6) is 11.5 Å². The molecule has 0 fully saturated rings. The van der Waals surface area contributed by atoms with E-state index in [1.165, 1.54) is 5.56 Å². The zero-order valence-electron chi connectivity index (χ0n) is 19.5. The van der Waals surface area contributed by atoms with Gasteiger partial charge in [-0.3, -0.25) is 9.59 Å². The molecule has 2 aromatic carbocycles. The van der Waals surface area contributed by atoms with E-state index in [1.54, 1.807) is 26.2 Å². The molecule has 0 saturated heterocycles. The van der Waals surface area contributed by atoms with Crippen LogP contribution in [0, 0.1) is 0 Å². The molecular formula is C25H34N2O4. The normalized spacial score (nSPS) is 11.0. The highest BCUT2D eigenvalue weighted by molar-refractivity contribution is 5.94. The minimum atomic E-state index is -0.166. The zero-order valence-corrected chi connectivity index (χ0v) is 19.5. The van der Waals surface area contributed by atoms with Gasteiger partial charge in [0.15, 0.2) is 11.5 Å². The summed E-state index contributed by atoms with van der Waals surface area (Å²) in [6, 6.07) is 13.3. The number of hydrogen-bond donors (Lipinski definition) is 1. The van der Waals surface area contributed by atoms with E-state index in [0.717, 1.165) is 5.56 Å². The molecule has 0 atom stereocenters. The van der Waals surface area contributed by atoms with E-state index in [2.05, 4.69) is 26.1 Å². The third-order valence-corrected chi connectivity index (χ3v) is 5.25. The number of methoxy groups -OCH3 is 2. The summed E-state index contributed by atoms with van der Waals surface area (Å²) in [7, 11) is 4.98. The van der Waals surface area contributed by atoms with E-state index in [4.69, 9.17) is 9.47 Å². The lowest BCUT2D eigenvalue weighted by Gasteiger charge is -2.19. The second kappa shape index (κ2) is 10.8. The minimum absolute atomic E-state index is 0.0103. The molecular weight excluding hydrogens is 392 g/mol. The van der Waals surface area contributed by atoms with Gasteiger partial charge in [-0.1, -0.05) is 39.0 Å². The van der Waals surface area contributed by atoms with Gasteiger partial charge >= 0.3 is 0 Å². The summed E-state index contributed by atoms with van der Waals surface area (Å²) in [6.07, 6.45) is 0.962. The SMILES string of the molecule is COc1ccc(CCN(C)C(=O)CCNC(=O)c2ccc(C(C)(C)C)cc2)cc1OC. The number of ether oxygens (including phenoxy) is 2. The monoisotopic (exact) mass is 426 g/mol. The van der Waals surface area contributed by atoms with Gasteiger partial charge in [0.25, 0.3) is 5.91 Å². The Morgan fingerprint density at radius 3 is 2.19 bits per heavy atom. The highest BCUT2D eigenvalue weighted by Gasteiger charge is 2.15. The Labute approximate surface area is 185 Å². The number of likely N-dealkylation sites (N-methyl/N-ethyl adjacent to an activating group) is 1. The van der Waals surface area contributed by atoms with Crippen LogP contribution in [0.25, 0.3) is 0 Å². The molecule has 31 heavy (non-hydrogen) atoms. The molecule has 6 heteroatoms. The van der Waals surface area contributed by atoms with E-state index in [0.29, 0.717) is 36.6 Å². The number of benzene rings is 2. The molecule has 6 nitrogen and oxygen atoms in total. The van der Waals surface area contributed by atoms with E-state index in [9.17, 15) is 9.59 Å². The highest BCUT2D eigenvalue weighted by Crippen LogP contribution is 2.27. The van der Waals surface area contributed by atoms with E-state index >= 15 is 0 Å². The maximum atomic E-state index is 12.4. The summed E-state index contributed by atoms with van der Waals surface area (Å²) in [5, 5.41) is 2.83. The Morgan fingerprint density at radius 1 is 0.968 bits per heavy atom. The summed E-state index contributed by atoms with van der Waals surface area (Å²) in [6.45, 7) is 7.29. The number of carbonyl (C=O) groups excluding carboxylic acids is 2. The van der Waals surface area contributed by atoms with Gasteiger partial charge < -0.3 is 19.7 Å². The van der Waals surface area contributed by atoms with Gasteiger partial charge in [0.2, 0.25) is 5.91 Å². The van der Waals surface area contributed by atoms with Crippen molar-refractivity contribution in [1.29, 1.82) is 0 Å². The van der Waals surface area contributed by atoms with E-state index < -0.39 is 0 Å².